The van der Waals surface area contributed by atoms with E-state index in [1.165, 1.54) is 16.5 Å². The topological polar surface area (TPSA) is 75.5 Å². The Hall–Kier alpha value is -3.61. The van der Waals surface area contributed by atoms with Crippen LogP contribution in [0.25, 0.3) is 10.9 Å². The molecule has 3 N–H and O–H groups in total. The van der Waals surface area contributed by atoms with Gasteiger partial charge in [0.1, 0.15) is 5.75 Å². The highest BCUT2D eigenvalue weighted by Gasteiger charge is 2.15. The van der Waals surface area contributed by atoms with Crippen LogP contribution >= 0.6 is 0 Å². The molecule has 0 atom stereocenters. The van der Waals surface area contributed by atoms with Gasteiger partial charge in [0.15, 0.2) is 0 Å². The van der Waals surface area contributed by atoms with Crippen molar-refractivity contribution in [2.45, 2.75) is 19.6 Å². The lowest BCUT2D eigenvalue weighted by molar-refractivity contribution is 0.0705. The second-order valence-corrected chi connectivity index (χ2v) is 7.35. The first-order valence-corrected chi connectivity index (χ1v) is 10.1. The third kappa shape index (κ3) is 4.60. The van der Waals surface area contributed by atoms with Gasteiger partial charge in [0.2, 0.25) is 0 Å². The average molecular weight is 415 g/mol. The molecule has 4 rings (SSSR count). The number of fused-ring (bicyclic) bond motifs is 1. The maximum Gasteiger partial charge on any atom is 0.275 e. The van der Waals surface area contributed by atoms with Crippen molar-refractivity contribution in [3.63, 3.8) is 0 Å². The van der Waals surface area contributed by atoms with Crippen LogP contribution in [0, 0.1) is 0 Å². The Morgan fingerprint density at radius 3 is 2.52 bits per heavy atom. The average Bonchev–Trinajstić information content (AvgIpc) is 3.17. The molecule has 1 heterocycles. The number of ether oxygens (including phenoxy) is 1. The van der Waals surface area contributed by atoms with E-state index in [1.54, 1.807) is 18.7 Å². The van der Waals surface area contributed by atoms with Gasteiger partial charge in [-0.15, -0.1) is 0 Å². The molecule has 0 aliphatic carbocycles. The third-order valence-electron chi connectivity index (χ3n) is 5.36. The summed E-state index contributed by atoms with van der Waals surface area (Å²) in [6, 6.07) is 23.8. The molecule has 0 saturated carbocycles. The van der Waals surface area contributed by atoms with Crippen LogP contribution in [0.3, 0.4) is 0 Å². The number of rotatable bonds is 8. The fourth-order valence-corrected chi connectivity index (χ4v) is 3.81. The second kappa shape index (κ2) is 9.47. The molecule has 1 aromatic heterocycles. The normalized spacial score (nSPS) is 10.9. The minimum Gasteiger partial charge on any atom is -0.497 e. The maximum atomic E-state index is 12.2. The zero-order chi connectivity index (χ0) is 21.6. The number of aromatic nitrogens is 1. The second-order valence-electron chi connectivity index (χ2n) is 7.35. The van der Waals surface area contributed by atoms with Crippen molar-refractivity contribution < 1.29 is 14.7 Å². The van der Waals surface area contributed by atoms with Crippen LogP contribution in [0.1, 0.15) is 27.0 Å². The Labute approximate surface area is 181 Å². The van der Waals surface area contributed by atoms with E-state index in [2.05, 4.69) is 40.3 Å². The molecule has 1 amide bonds. The van der Waals surface area contributed by atoms with E-state index < -0.39 is 5.91 Å². The smallest absolute Gasteiger partial charge is 0.275 e. The van der Waals surface area contributed by atoms with E-state index in [0.717, 1.165) is 24.2 Å². The van der Waals surface area contributed by atoms with Gasteiger partial charge in [-0.25, -0.2) is 5.48 Å². The molecule has 3 aromatic carbocycles. The molecular formula is C25H25N3O3. The molecule has 0 bridgehead atoms. The molecule has 0 unspecified atom stereocenters. The minimum absolute atomic E-state index is 0.378. The van der Waals surface area contributed by atoms with Gasteiger partial charge in [0, 0.05) is 36.7 Å². The Balaban J connectivity index is 1.61. The Kier molecular flexibility index (Phi) is 6.31. The quantitative estimate of drug-likeness (QED) is 0.299. The maximum absolute atomic E-state index is 12.2. The van der Waals surface area contributed by atoms with Crippen molar-refractivity contribution in [1.29, 1.82) is 0 Å². The number of carbonyl (C=O) groups is 1. The number of nitrogens with one attached hydrogen (secondary N) is 2. The van der Waals surface area contributed by atoms with Gasteiger partial charge in [-0.1, -0.05) is 54.6 Å². The summed E-state index contributed by atoms with van der Waals surface area (Å²) in [6.07, 6.45) is 2.12. The summed E-state index contributed by atoms with van der Waals surface area (Å²) in [7, 11) is 1.55. The molecule has 6 nitrogen and oxygen atoms in total. The van der Waals surface area contributed by atoms with Crippen LogP contribution in [0.2, 0.25) is 0 Å². The molecule has 6 heteroatoms. The summed E-state index contributed by atoms with van der Waals surface area (Å²) in [5.74, 6) is 0.000582. The van der Waals surface area contributed by atoms with E-state index >= 15 is 0 Å². The molecule has 31 heavy (non-hydrogen) atoms. The van der Waals surface area contributed by atoms with Gasteiger partial charge >= 0.3 is 0 Å². The highest BCUT2D eigenvalue weighted by atomic mass is 16.5. The van der Waals surface area contributed by atoms with E-state index in [4.69, 9.17) is 9.94 Å². The number of amides is 1. The van der Waals surface area contributed by atoms with Crippen molar-refractivity contribution in [3.8, 4) is 5.75 Å². The van der Waals surface area contributed by atoms with Crippen LogP contribution in [-0.2, 0) is 19.6 Å². The Morgan fingerprint density at radius 1 is 0.968 bits per heavy atom. The number of nitrogens with zero attached hydrogens (tertiary/aromatic N) is 1. The summed E-state index contributed by atoms with van der Waals surface area (Å²) in [4.78, 5) is 12.2. The number of para-hydroxylation sites is 1. The van der Waals surface area contributed by atoms with Crippen molar-refractivity contribution in [2.75, 3.05) is 7.11 Å². The van der Waals surface area contributed by atoms with Crippen molar-refractivity contribution in [1.82, 2.24) is 15.4 Å². The van der Waals surface area contributed by atoms with E-state index in [1.807, 2.05) is 42.5 Å². The van der Waals surface area contributed by atoms with Gasteiger partial charge in [-0.2, -0.15) is 0 Å². The van der Waals surface area contributed by atoms with Crippen LogP contribution in [0.15, 0.2) is 79.0 Å². The monoisotopic (exact) mass is 415 g/mol. The van der Waals surface area contributed by atoms with E-state index in [-0.39, 0.29) is 0 Å². The number of carbonyl (C=O) groups excluding carboxylic acids is 1. The van der Waals surface area contributed by atoms with Crippen LogP contribution in [0.4, 0.5) is 0 Å². The number of hydroxylamine groups is 1. The molecule has 0 aliphatic rings. The Bertz CT molecular complexity index is 1190. The molecule has 158 valence electrons. The minimum atomic E-state index is -0.560. The zero-order valence-electron chi connectivity index (χ0n) is 17.3. The summed E-state index contributed by atoms with van der Waals surface area (Å²) in [5, 5.41) is 13.8. The zero-order valence-corrected chi connectivity index (χ0v) is 17.3. The first kappa shape index (κ1) is 20.7. The number of methoxy groups -OCH3 is 1. The van der Waals surface area contributed by atoms with E-state index in [9.17, 15) is 4.79 Å². The fraction of sp³-hybridized carbons (Fsp3) is 0.160. The van der Waals surface area contributed by atoms with Crippen molar-refractivity contribution in [3.05, 3.63) is 101 Å². The predicted octanol–water partition coefficient (Wildman–Crippen LogP) is 4.11. The SMILES string of the molecule is COc1ccc(Cn2cc(CNCc3ccccc3)c3ccccc32)c(C(=O)NO)c1. The first-order valence-electron chi connectivity index (χ1n) is 10.1. The number of hydrogen-bond acceptors (Lipinski definition) is 4. The molecule has 0 fully saturated rings. The molecule has 0 saturated heterocycles. The van der Waals surface area contributed by atoms with Gasteiger partial charge in [0.05, 0.1) is 12.7 Å². The fourth-order valence-electron chi connectivity index (χ4n) is 3.81. The Morgan fingerprint density at radius 2 is 1.74 bits per heavy atom. The third-order valence-corrected chi connectivity index (χ3v) is 5.36. The molecular weight excluding hydrogens is 390 g/mol. The number of hydrogen-bond donors (Lipinski definition) is 3. The highest BCUT2D eigenvalue weighted by Crippen LogP contribution is 2.25. The number of benzene rings is 3. The molecule has 0 aliphatic heterocycles. The lowest BCUT2D eigenvalue weighted by Crippen LogP contribution is -2.21. The standard InChI is InChI=1S/C25H25N3O3/c1-31-21-12-11-19(23(13-21)25(29)27-30)16-28-17-20(22-9-5-6-10-24(22)28)15-26-14-18-7-3-2-4-8-18/h2-13,17,26,30H,14-16H2,1H3,(H,27,29). The summed E-state index contributed by atoms with van der Waals surface area (Å²) in [6.45, 7) is 2.01. The summed E-state index contributed by atoms with van der Waals surface area (Å²) in [5.41, 5.74) is 6.41. The molecule has 0 radical (unpaired) electrons. The van der Waals surface area contributed by atoms with E-state index in [0.29, 0.717) is 17.9 Å². The lowest BCUT2D eigenvalue weighted by atomic mass is 10.1. The van der Waals surface area contributed by atoms with Crippen LogP contribution in [-0.4, -0.2) is 22.8 Å². The highest BCUT2D eigenvalue weighted by molar-refractivity contribution is 5.95. The summed E-state index contributed by atoms with van der Waals surface area (Å²) < 4.78 is 7.36. The van der Waals surface area contributed by atoms with Gasteiger partial charge < -0.3 is 14.6 Å². The van der Waals surface area contributed by atoms with Gasteiger partial charge in [-0.3, -0.25) is 10.0 Å². The lowest BCUT2D eigenvalue weighted by Gasteiger charge is -2.12. The van der Waals surface area contributed by atoms with Gasteiger partial charge in [0.25, 0.3) is 5.91 Å². The first-order chi connectivity index (χ1) is 15.2. The summed E-state index contributed by atoms with van der Waals surface area (Å²) >= 11 is 0. The van der Waals surface area contributed by atoms with Crippen LogP contribution in [0.5, 0.6) is 5.75 Å². The van der Waals surface area contributed by atoms with Gasteiger partial charge in [-0.05, 0) is 34.9 Å². The molecule has 4 aromatic rings. The van der Waals surface area contributed by atoms with Crippen molar-refractivity contribution in [2.24, 2.45) is 0 Å². The van der Waals surface area contributed by atoms with Crippen LogP contribution < -0.4 is 15.5 Å². The van der Waals surface area contributed by atoms with Crippen molar-refractivity contribution >= 4 is 16.8 Å². The molecule has 0 spiro atoms. The predicted molar refractivity (Wildman–Crippen MR) is 120 cm³/mol. The largest absolute Gasteiger partial charge is 0.497 e.